The van der Waals surface area contributed by atoms with Crippen LogP contribution < -0.4 is 14.8 Å². The number of hydrogen-bond donors (Lipinski definition) is 1. The Balaban J connectivity index is 1.68. The fourth-order valence-corrected chi connectivity index (χ4v) is 6.48. The summed E-state index contributed by atoms with van der Waals surface area (Å²) in [4.78, 5) is 30.6. The van der Waals surface area contributed by atoms with Crippen molar-refractivity contribution in [1.29, 1.82) is 0 Å². The Hall–Kier alpha value is -3.61. The van der Waals surface area contributed by atoms with Crippen LogP contribution in [0.3, 0.4) is 0 Å². The first kappa shape index (κ1) is 29.4. The van der Waals surface area contributed by atoms with Gasteiger partial charge in [-0.15, -0.1) is 0 Å². The van der Waals surface area contributed by atoms with E-state index in [9.17, 15) is 18.0 Å². The van der Waals surface area contributed by atoms with Crippen molar-refractivity contribution in [1.82, 2.24) is 19.4 Å². The predicted octanol–water partition coefficient (Wildman–Crippen LogP) is 2.61. The van der Waals surface area contributed by atoms with Crippen LogP contribution in [0.15, 0.2) is 64.7 Å². The molecule has 0 bridgehead atoms. The molecular formula is C28H36N4O7S. The Labute approximate surface area is 235 Å². The number of methoxy groups -OCH3 is 2. The highest BCUT2D eigenvalue weighted by molar-refractivity contribution is 7.89. The van der Waals surface area contributed by atoms with E-state index >= 15 is 0 Å². The molecule has 1 fully saturated rings. The first-order valence-electron chi connectivity index (χ1n) is 13.2. The maximum atomic E-state index is 13.5. The quantitative estimate of drug-likeness (QED) is 0.432. The van der Waals surface area contributed by atoms with Crippen molar-refractivity contribution in [2.24, 2.45) is 0 Å². The van der Waals surface area contributed by atoms with E-state index in [0.717, 1.165) is 0 Å². The number of sulfonamides is 1. The summed E-state index contributed by atoms with van der Waals surface area (Å²) in [6.07, 6.45) is 0. The van der Waals surface area contributed by atoms with Crippen molar-refractivity contribution >= 4 is 22.0 Å². The van der Waals surface area contributed by atoms with E-state index in [4.69, 9.17) is 14.2 Å². The molecule has 1 saturated heterocycles. The summed E-state index contributed by atoms with van der Waals surface area (Å²) in [5, 5.41) is 2.95. The van der Waals surface area contributed by atoms with E-state index in [0.29, 0.717) is 48.0 Å². The molecule has 1 unspecified atom stereocenters. The second-order valence-electron chi connectivity index (χ2n) is 9.31. The van der Waals surface area contributed by atoms with Crippen LogP contribution in [0, 0.1) is 0 Å². The number of nitrogens with zero attached hydrogens (tertiary/aromatic N) is 3. The number of hydrogen-bond acceptors (Lipinski definition) is 8. The smallest absolute Gasteiger partial charge is 0.338 e. The van der Waals surface area contributed by atoms with Gasteiger partial charge in [-0.25, -0.2) is 18.0 Å². The molecule has 11 nitrogen and oxygen atoms in total. The predicted molar refractivity (Wildman–Crippen MR) is 148 cm³/mol. The molecule has 0 aliphatic carbocycles. The number of benzene rings is 2. The van der Waals surface area contributed by atoms with Gasteiger partial charge in [0.1, 0.15) is 11.5 Å². The van der Waals surface area contributed by atoms with Gasteiger partial charge in [-0.1, -0.05) is 18.2 Å². The monoisotopic (exact) mass is 572 g/mol. The van der Waals surface area contributed by atoms with E-state index < -0.39 is 22.0 Å². The van der Waals surface area contributed by atoms with Crippen LogP contribution in [0.5, 0.6) is 11.5 Å². The molecule has 40 heavy (non-hydrogen) atoms. The normalized spacial score (nSPS) is 18.9. The van der Waals surface area contributed by atoms with Gasteiger partial charge in [-0.05, 0) is 44.2 Å². The van der Waals surface area contributed by atoms with Gasteiger partial charge >= 0.3 is 12.0 Å². The number of nitrogens with one attached hydrogen (secondary N) is 1. The van der Waals surface area contributed by atoms with Gasteiger partial charge in [0.15, 0.2) is 0 Å². The summed E-state index contributed by atoms with van der Waals surface area (Å²) in [6, 6.07) is 12.4. The van der Waals surface area contributed by atoms with E-state index in [1.54, 1.807) is 55.5 Å². The molecule has 2 heterocycles. The van der Waals surface area contributed by atoms with Crippen LogP contribution in [0.1, 0.15) is 25.5 Å². The maximum Gasteiger partial charge on any atom is 0.338 e. The molecular weight excluding hydrogens is 536 g/mol. The molecule has 0 saturated carbocycles. The average molecular weight is 573 g/mol. The highest BCUT2D eigenvalue weighted by Crippen LogP contribution is 2.38. The molecule has 2 amide bonds. The van der Waals surface area contributed by atoms with Gasteiger partial charge in [0.25, 0.3) is 0 Å². The topological polar surface area (TPSA) is 118 Å². The summed E-state index contributed by atoms with van der Waals surface area (Å²) in [7, 11) is -0.557. The Kier molecular flexibility index (Phi) is 9.33. The molecule has 4 rings (SSSR count). The first-order chi connectivity index (χ1) is 19.2. The highest BCUT2D eigenvalue weighted by Gasteiger charge is 2.40. The van der Waals surface area contributed by atoms with Gasteiger partial charge in [-0.3, -0.25) is 9.80 Å². The standard InChI is InChI=1S/C28H36N4O7S/c1-5-32-23(19-30-14-16-31(17-15-30)40(35,36)21-10-8-7-9-11-21)25(27(33)39-6-2)26(29-28(32)34)22-18-20(37-3)12-13-24(22)38-4/h7-13,18,26H,5-6,14-17,19H2,1-4H3,(H,29,34). The van der Waals surface area contributed by atoms with Crippen LogP contribution >= 0.6 is 0 Å². The molecule has 0 radical (unpaired) electrons. The first-order valence-corrected chi connectivity index (χ1v) is 14.7. The molecule has 12 heteroatoms. The molecule has 1 atom stereocenters. The van der Waals surface area contributed by atoms with Crippen LogP contribution in [-0.2, 0) is 19.6 Å². The van der Waals surface area contributed by atoms with Gasteiger partial charge in [0.05, 0.1) is 37.3 Å². The Morgan fingerprint density at radius 1 is 1.00 bits per heavy atom. The zero-order chi connectivity index (χ0) is 28.9. The Bertz CT molecular complexity index is 1360. The number of esters is 1. The van der Waals surface area contributed by atoms with Gasteiger partial charge in [0.2, 0.25) is 10.0 Å². The fraction of sp³-hybridized carbons (Fsp3) is 0.429. The lowest BCUT2D eigenvalue weighted by Gasteiger charge is -2.40. The largest absolute Gasteiger partial charge is 0.497 e. The van der Waals surface area contributed by atoms with Crippen LogP contribution in [-0.4, -0.2) is 94.6 Å². The Morgan fingerprint density at radius 2 is 1.70 bits per heavy atom. The number of piperazine rings is 1. The third kappa shape index (κ3) is 5.93. The van der Waals surface area contributed by atoms with Gasteiger partial charge < -0.3 is 19.5 Å². The minimum atomic E-state index is -3.61. The third-order valence-corrected chi connectivity index (χ3v) is 9.00. The lowest BCUT2D eigenvalue weighted by molar-refractivity contribution is -0.139. The molecule has 0 aromatic heterocycles. The summed E-state index contributed by atoms with van der Waals surface area (Å²) in [5.41, 5.74) is 1.37. The average Bonchev–Trinajstić information content (AvgIpc) is 2.97. The lowest BCUT2D eigenvalue weighted by atomic mass is 9.93. The third-order valence-electron chi connectivity index (χ3n) is 7.08. The van der Waals surface area contributed by atoms with Crippen molar-refractivity contribution in [3.63, 3.8) is 0 Å². The second-order valence-corrected chi connectivity index (χ2v) is 11.2. The number of carbonyl (C=O) groups is 2. The molecule has 0 spiro atoms. The SMILES string of the molecule is CCOC(=O)C1=C(CN2CCN(S(=O)(=O)c3ccccc3)CC2)N(CC)C(=O)NC1c1cc(OC)ccc1OC. The van der Waals surface area contributed by atoms with Gasteiger partial charge in [0, 0.05) is 50.5 Å². The molecule has 2 aromatic rings. The number of rotatable bonds is 10. The maximum absolute atomic E-state index is 13.5. The molecule has 2 aliphatic heterocycles. The summed E-state index contributed by atoms with van der Waals surface area (Å²) < 4.78 is 44.1. The molecule has 2 aliphatic rings. The Morgan fingerprint density at radius 3 is 2.30 bits per heavy atom. The van der Waals surface area contributed by atoms with Crippen molar-refractivity contribution < 1.29 is 32.2 Å². The van der Waals surface area contributed by atoms with Crippen LogP contribution in [0.25, 0.3) is 0 Å². The van der Waals surface area contributed by atoms with E-state index in [1.165, 1.54) is 23.4 Å². The summed E-state index contributed by atoms with van der Waals surface area (Å²) in [5.74, 6) is 0.483. The zero-order valence-electron chi connectivity index (χ0n) is 23.3. The van der Waals surface area contributed by atoms with Gasteiger partial charge in [-0.2, -0.15) is 4.31 Å². The number of ether oxygens (including phenoxy) is 3. The van der Waals surface area contributed by atoms with E-state index in [2.05, 4.69) is 5.32 Å². The van der Waals surface area contributed by atoms with Crippen LogP contribution in [0.4, 0.5) is 4.79 Å². The van der Waals surface area contributed by atoms with E-state index in [-0.39, 0.29) is 37.2 Å². The fourth-order valence-electron chi connectivity index (χ4n) is 5.04. The minimum absolute atomic E-state index is 0.160. The second kappa shape index (κ2) is 12.7. The van der Waals surface area contributed by atoms with Crippen molar-refractivity contribution in [3.8, 4) is 11.5 Å². The number of likely N-dealkylation sites (N-methyl/N-ethyl adjacent to an activating group) is 1. The molecule has 1 N–H and O–H groups in total. The van der Waals surface area contributed by atoms with Crippen molar-refractivity contribution in [2.75, 3.05) is 60.1 Å². The number of amides is 2. The number of urea groups is 1. The summed E-state index contributed by atoms with van der Waals surface area (Å²) >= 11 is 0. The van der Waals surface area contributed by atoms with Crippen LogP contribution in [0.2, 0.25) is 0 Å². The highest BCUT2D eigenvalue weighted by atomic mass is 32.2. The minimum Gasteiger partial charge on any atom is -0.497 e. The zero-order valence-corrected chi connectivity index (χ0v) is 24.1. The summed E-state index contributed by atoms with van der Waals surface area (Å²) in [6.45, 7) is 5.73. The van der Waals surface area contributed by atoms with Crippen molar-refractivity contribution in [2.45, 2.75) is 24.8 Å². The lowest BCUT2D eigenvalue weighted by Crippen LogP contribution is -2.53. The van der Waals surface area contributed by atoms with Crippen molar-refractivity contribution in [3.05, 3.63) is 65.4 Å². The molecule has 2 aromatic carbocycles. The van der Waals surface area contributed by atoms with E-state index in [1.807, 2.05) is 11.8 Å². The molecule has 216 valence electrons. The number of carbonyl (C=O) groups excluding carboxylic acids is 2.